The highest BCUT2D eigenvalue weighted by atomic mass is 19.4. The Bertz CT molecular complexity index is 1190. The quantitative estimate of drug-likeness (QED) is 0.412. The molecule has 6 nitrogen and oxygen atoms in total. The van der Waals surface area contributed by atoms with Crippen LogP contribution >= 0.6 is 0 Å². The summed E-state index contributed by atoms with van der Waals surface area (Å²) >= 11 is 0. The molecular weight excluding hydrogens is 457 g/mol. The van der Waals surface area contributed by atoms with E-state index in [0.29, 0.717) is 18.2 Å². The van der Waals surface area contributed by atoms with Crippen molar-refractivity contribution < 1.29 is 22.6 Å². The van der Waals surface area contributed by atoms with Gasteiger partial charge in [-0.2, -0.15) is 13.2 Å². The predicted octanol–water partition coefficient (Wildman–Crippen LogP) is 5.70. The maximum atomic E-state index is 12.9. The van der Waals surface area contributed by atoms with E-state index in [1.165, 1.54) is 19.2 Å². The second-order valence-electron chi connectivity index (χ2n) is 8.19. The number of aliphatic imine (C=N–C) groups is 1. The normalized spacial score (nSPS) is 15.6. The van der Waals surface area contributed by atoms with Gasteiger partial charge in [0, 0.05) is 38.3 Å². The van der Waals surface area contributed by atoms with Crippen LogP contribution in [0, 0.1) is 0 Å². The van der Waals surface area contributed by atoms with E-state index in [0.717, 1.165) is 41.7 Å². The highest BCUT2D eigenvalue weighted by Crippen LogP contribution is 2.32. The zero-order chi connectivity index (χ0) is 24.8. The van der Waals surface area contributed by atoms with E-state index in [4.69, 9.17) is 9.47 Å². The molecule has 0 fully saturated rings. The van der Waals surface area contributed by atoms with Gasteiger partial charge in [-0.05, 0) is 59.9 Å². The highest BCUT2D eigenvalue weighted by Gasteiger charge is 2.30. The summed E-state index contributed by atoms with van der Waals surface area (Å²) in [6.07, 6.45) is 5.36. The van der Waals surface area contributed by atoms with Gasteiger partial charge < -0.3 is 14.4 Å². The molecule has 0 bridgehead atoms. The summed E-state index contributed by atoms with van der Waals surface area (Å²) < 4.78 is 49.3. The van der Waals surface area contributed by atoms with Gasteiger partial charge in [-0.1, -0.05) is 18.2 Å². The van der Waals surface area contributed by atoms with Gasteiger partial charge in [0.05, 0.1) is 12.7 Å². The van der Waals surface area contributed by atoms with Crippen LogP contribution in [0.3, 0.4) is 0 Å². The molecule has 0 radical (unpaired) electrons. The summed E-state index contributed by atoms with van der Waals surface area (Å²) in [6, 6.07) is 12.5. The summed E-state index contributed by atoms with van der Waals surface area (Å²) in [5.74, 6) is 0.630. The summed E-state index contributed by atoms with van der Waals surface area (Å²) in [5, 5.41) is 0. The number of nitrogens with zero attached hydrogens (tertiary/aromatic N) is 4. The lowest BCUT2D eigenvalue weighted by atomic mass is 10.1. The van der Waals surface area contributed by atoms with Gasteiger partial charge in [0.15, 0.2) is 0 Å². The zero-order valence-corrected chi connectivity index (χ0v) is 19.4. The molecule has 0 N–H and O–H groups in total. The van der Waals surface area contributed by atoms with Gasteiger partial charge in [-0.3, -0.25) is 4.99 Å². The number of methoxy groups -OCH3 is 1. The van der Waals surface area contributed by atoms with E-state index in [-0.39, 0.29) is 11.9 Å². The molecule has 0 saturated carbocycles. The standard InChI is InChI=1S/C26H25F3N4O2/c1-33-17-20(12-19-14-31-25(34-2)32-15-19)16-30-24(33)11-8-18-6-9-22(10-7-18)35-23-5-3-4-21(13-23)26(27,28)29/h3-7,9-10,13-17,24H,8,11-12H2,1-2H3. The zero-order valence-electron chi connectivity index (χ0n) is 19.4. The fourth-order valence-electron chi connectivity index (χ4n) is 3.70. The molecule has 182 valence electrons. The lowest BCUT2D eigenvalue weighted by Gasteiger charge is -2.27. The van der Waals surface area contributed by atoms with Crippen molar-refractivity contribution >= 4 is 6.21 Å². The number of aryl methyl sites for hydroxylation is 1. The number of allylic oxidation sites excluding steroid dienone is 1. The third-order valence-electron chi connectivity index (χ3n) is 5.54. The molecule has 1 unspecified atom stereocenters. The van der Waals surface area contributed by atoms with Crippen LogP contribution in [0.5, 0.6) is 17.5 Å². The molecule has 1 aliphatic heterocycles. The maximum absolute atomic E-state index is 12.9. The minimum atomic E-state index is -4.40. The van der Waals surface area contributed by atoms with Crippen molar-refractivity contribution in [2.75, 3.05) is 14.2 Å². The SMILES string of the molecule is COc1ncc(CC2=CN(C)C(CCc3ccc(Oc4cccc(C(F)(F)F)c4)cc3)N=C2)cn1. The number of ether oxygens (including phenoxy) is 2. The van der Waals surface area contributed by atoms with Crippen molar-refractivity contribution in [3.05, 3.63) is 89.4 Å². The number of benzene rings is 2. The van der Waals surface area contributed by atoms with E-state index < -0.39 is 11.7 Å². The van der Waals surface area contributed by atoms with Crippen LogP contribution in [0.25, 0.3) is 0 Å². The van der Waals surface area contributed by atoms with Crippen molar-refractivity contribution in [2.45, 2.75) is 31.6 Å². The number of hydrogen-bond donors (Lipinski definition) is 0. The van der Waals surface area contributed by atoms with Crippen molar-refractivity contribution in [2.24, 2.45) is 4.99 Å². The monoisotopic (exact) mass is 482 g/mol. The first-order valence-electron chi connectivity index (χ1n) is 11.0. The van der Waals surface area contributed by atoms with Gasteiger partial charge in [-0.25, -0.2) is 9.97 Å². The van der Waals surface area contributed by atoms with Gasteiger partial charge >= 0.3 is 12.2 Å². The molecular formula is C26H25F3N4O2. The number of halogens is 3. The molecule has 1 aliphatic rings. The largest absolute Gasteiger partial charge is 0.467 e. The third-order valence-corrected chi connectivity index (χ3v) is 5.54. The average molecular weight is 483 g/mol. The van der Waals surface area contributed by atoms with Gasteiger partial charge in [0.25, 0.3) is 0 Å². The Labute approximate surface area is 201 Å². The molecule has 0 amide bonds. The first kappa shape index (κ1) is 24.3. The first-order valence-corrected chi connectivity index (χ1v) is 11.0. The highest BCUT2D eigenvalue weighted by molar-refractivity contribution is 5.80. The molecule has 1 atom stereocenters. The van der Waals surface area contributed by atoms with Gasteiger partial charge in [-0.15, -0.1) is 0 Å². The average Bonchev–Trinajstić information content (AvgIpc) is 2.85. The molecule has 1 aromatic heterocycles. The van der Waals surface area contributed by atoms with E-state index in [1.54, 1.807) is 24.5 Å². The number of hydrogen-bond acceptors (Lipinski definition) is 6. The van der Waals surface area contributed by atoms with Crippen molar-refractivity contribution in [3.8, 4) is 17.5 Å². The van der Waals surface area contributed by atoms with E-state index >= 15 is 0 Å². The molecule has 0 spiro atoms. The van der Waals surface area contributed by atoms with Crippen molar-refractivity contribution in [1.29, 1.82) is 0 Å². The molecule has 0 saturated heterocycles. The summed E-state index contributed by atoms with van der Waals surface area (Å²) in [6.45, 7) is 0. The predicted molar refractivity (Wildman–Crippen MR) is 127 cm³/mol. The topological polar surface area (TPSA) is 59.8 Å². The molecule has 2 aromatic carbocycles. The molecule has 4 rings (SSSR count). The third kappa shape index (κ3) is 6.59. The lowest BCUT2D eigenvalue weighted by Crippen LogP contribution is -2.29. The van der Waals surface area contributed by atoms with Crippen LogP contribution in [0.2, 0.25) is 0 Å². The minimum absolute atomic E-state index is 0.0203. The number of rotatable bonds is 8. The van der Waals surface area contributed by atoms with Crippen LogP contribution in [0.1, 0.15) is 23.1 Å². The fraction of sp³-hybridized carbons (Fsp3) is 0.269. The Hall–Kier alpha value is -3.88. The molecule has 2 heterocycles. The van der Waals surface area contributed by atoms with Crippen LogP contribution in [0.15, 0.2) is 77.7 Å². The van der Waals surface area contributed by atoms with Crippen LogP contribution in [0.4, 0.5) is 13.2 Å². The van der Waals surface area contributed by atoms with E-state index in [2.05, 4.69) is 26.1 Å². The minimum Gasteiger partial charge on any atom is -0.467 e. The second-order valence-corrected chi connectivity index (χ2v) is 8.19. The number of alkyl halides is 3. The Balaban J connectivity index is 1.29. The van der Waals surface area contributed by atoms with Crippen molar-refractivity contribution in [3.63, 3.8) is 0 Å². The van der Waals surface area contributed by atoms with Crippen LogP contribution in [-0.2, 0) is 19.0 Å². The number of aromatic nitrogens is 2. The molecule has 0 aliphatic carbocycles. The van der Waals surface area contributed by atoms with Gasteiger partial charge in [0.1, 0.15) is 17.7 Å². The second kappa shape index (κ2) is 10.6. The van der Waals surface area contributed by atoms with Crippen LogP contribution in [-0.4, -0.2) is 41.4 Å². The molecule has 9 heteroatoms. The van der Waals surface area contributed by atoms with Crippen LogP contribution < -0.4 is 9.47 Å². The molecule has 35 heavy (non-hydrogen) atoms. The first-order chi connectivity index (χ1) is 16.8. The Morgan fingerprint density at radius 2 is 1.71 bits per heavy atom. The van der Waals surface area contributed by atoms with Gasteiger partial charge in [0.2, 0.25) is 0 Å². The van der Waals surface area contributed by atoms with E-state index in [9.17, 15) is 13.2 Å². The summed E-state index contributed by atoms with van der Waals surface area (Å²) in [5.41, 5.74) is 2.39. The summed E-state index contributed by atoms with van der Waals surface area (Å²) in [7, 11) is 3.53. The molecule has 3 aromatic rings. The smallest absolute Gasteiger partial charge is 0.416 e. The summed E-state index contributed by atoms with van der Waals surface area (Å²) in [4.78, 5) is 15.0. The maximum Gasteiger partial charge on any atom is 0.416 e. The van der Waals surface area contributed by atoms with E-state index in [1.807, 2.05) is 25.4 Å². The Kier molecular flexibility index (Phi) is 7.33. The Morgan fingerprint density at radius 1 is 0.971 bits per heavy atom. The fourth-order valence-corrected chi connectivity index (χ4v) is 3.70. The van der Waals surface area contributed by atoms with Crippen molar-refractivity contribution in [1.82, 2.24) is 14.9 Å². The lowest BCUT2D eigenvalue weighted by molar-refractivity contribution is -0.137. The Morgan fingerprint density at radius 3 is 2.37 bits per heavy atom.